The molecule has 2 bridgehead atoms. The van der Waals surface area contributed by atoms with Gasteiger partial charge < -0.3 is 10.4 Å². The SMILES string of the molecule is CC(Nc1nc(C(=O)O)cs1)C1CC2CCC1C2. The summed E-state index contributed by atoms with van der Waals surface area (Å²) in [7, 11) is 0. The van der Waals surface area contributed by atoms with Crippen LogP contribution in [0.1, 0.15) is 43.1 Å². The number of carbonyl (C=O) groups is 1. The number of carboxylic acid groups (broad SMARTS) is 1. The normalized spacial score (nSPS) is 31.5. The molecule has 0 aliphatic heterocycles. The molecule has 0 aromatic carbocycles. The molecule has 98 valence electrons. The number of carboxylic acids is 1. The van der Waals surface area contributed by atoms with E-state index in [1.807, 2.05) is 0 Å². The predicted octanol–water partition coefficient (Wildman–Crippen LogP) is 3.08. The lowest BCUT2D eigenvalue weighted by Gasteiger charge is -2.28. The van der Waals surface area contributed by atoms with Crippen LogP contribution < -0.4 is 5.32 Å². The minimum absolute atomic E-state index is 0.141. The van der Waals surface area contributed by atoms with Gasteiger partial charge in [-0.2, -0.15) is 0 Å². The van der Waals surface area contributed by atoms with Crippen LogP contribution in [0.4, 0.5) is 5.13 Å². The molecule has 5 heteroatoms. The zero-order valence-corrected chi connectivity index (χ0v) is 11.2. The van der Waals surface area contributed by atoms with E-state index in [-0.39, 0.29) is 5.69 Å². The Morgan fingerprint density at radius 2 is 2.39 bits per heavy atom. The molecule has 1 aromatic rings. The number of nitrogens with zero attached hydrogens (tertiary/aromatic N) is 1. The van der Waals surface area contributed by atoms with Crippen LogP contribution >= 0.6 is 11.3 Å². The fraction of sp³-hybridized carbons (Fsp3) is 0.692. The van der Waals surface area contributed by atoms with E-state index < -0.39 is 5.97 Å². The van der Waals surface area contributed by atoms with Gasteiger partial charge in [-0.25, -0.2) is 9.78 Å². The number of rotatable bonds is 4. The molecule has 4 atom stereocenters. The second kappa shape index (κ2) is 4.53. The molecule has 2 aliphatic rings. The van der Waals surface area contributed by atoms with E-state index in [4.69, 9.17) is 5.11 Å². The zero-order valence-electron chi connectivity index (χ0n) is 10.4. The first-order valence-corrected chi connectivity index (χ1v) is 7.47. The van der Waals surface area contributed by atoms with E-state index >= 15 is 0 Å². The number of thiazole rings is 1. The molecule has 0 spiro atoms. The molecule has 3 rings (SSSR count). The summed E-state index contributed by atoms with van der Waals surface area (Å²) < 4.78 is 0. The number of hydrogen-bond acceptors (Lipinski definition) is 4. The summed E-state index contributed by atoms with van der Waals surface area (Å²) in [6.45, 7) is 2.20. The Balaban J connectivity index is 1.63. The van der Waals surface area contributed by atoms with Crippen LogP contribution in [0.25, 0.3) is 0 Å². The number of fused-ring (bicyclic) bond motifs is 2. The van der Waals surface area contributed by atoms with E-state index in [9.17, 15) is 4.79 Å². The highest BCUT2D eigenvalue weighted by Gasteiger charge is 2.41. The van der Waals surface area contributed by atoms with E-state index in [1.165, 1.54) is 37.0 Å². The van der Waals surface area contributed by atoms with Gasteiger partial charge in [-0.3, -0.25) is 0 Å². The van der Waals surface area contributed by atoms with E-state index in [2.05, 4.69) is 17.2 Å². The summed E-state index contributed by atoms with van der Waals surface area (Å²) in [5, 5.41) is 14.6. The van der Waals surface area contributed by atoms with Crippen molar-refractivity contribution in [3.05, 3.63) is 11.1 Å². The maximum Gasteiger partial charge on any atom is 0.355 e. The lowest BCUT2D eigenvalue weighted by atomic mass is 9.84. The van der Waals surface area contributed by atoms with Crippen molar-refractivity contribution in [3.63, 3.8) is 0 Å². The molecule has 1 aromatic heterocycles. The molecule has 0 radical (unpaired) electrons. The quantitative estimate of drug-likeness (QED) is 0.879. The summed E-state index contributed by atoms with van der Waals surface area (Å²) in [6, 6.07) is 0.396. The average Bonchev–Trinajstić information content (AvgIpc) is 3.03. The molecule has 2 aliphatic carbocycles. The molecule has 2 saturated carbocycles. The van der Waals surface area contributed by atoms with Crippen molar-refractivity contribution in [2.75, 3.05) is 5.32 Å². The van der Waals surface area contributed by atoms with Gasteiger partial charge in [0.1, 0.15) is 0 Å². The Morgan fingerprint density at radius 1 is 1.56 bits per heavy atom. The largest absolute Gasteiger partial charge is 0.476 e. The van der Waals surface area contributed by atoms with E-state index in [0.717, 1.165) is 22.9 Å². The smallest absolute Gasteiger partial charge is 0.355 e. The summed E-state index contributed by atoms with van der Waals surface area (Å²) in [4.78, 5) is 14.9. The molecule has 1 heterocycles. The second-order valence-corrected chi connectivity index (χ2v) is 6.47. The van der Waals surface area contributed by atoms with Gasteiger partial charge in [0.2, 0.25) is 0 Å². The fourth-order valence-corrected chi connectivity index (χ4v) is 4.43. The van der Waals surface area contributed by atoms with Crippen molar-refractivity contribution in [1.82, 2.24) is 4.98 Å². The van der Waals surface area contributed by atoms with Crippen molar-refractivity contribution in [2.24, 2.45) is 17.8 Å². The van der Waals surface area contributed by atoms with Gasteiger partial charge in [-0.1, -0.05) is 6.42 Å². The first kappa shape index (κ1) is 12.0. The number of hydrogen-bond donors (Lipinski definition) is 2. The van der Waals surface area contributed by atoms with Crippen molar-refractivity contribution in [3.8, 4) is 0 Å². The lowest BCUT2D eigenvalue weighted by Crippen LogP contribution is -2.29. The van der Waals surface area contributed by atoms with Crippen LogP contribution in [0, 0.1) is 17.8 Å². The molecule has 18 heavy (non-hydrogen) atoms. The van der Waals surface area contributed by atoms with Gasteiger partial charge >= 0.3 is 5.97 Å². The predicted molar refractivity (Wildman–Crippen MR) is 71.1 cm³/mol. The van der Waals surface area contributed by atoms with Crippen LogP contribution in [-0.4, -0.2) is 22.1 Å². The van der Waals surface area contributed by atoms with Crippen LogP contribution in [0.3, 0.4) is 0 Å². The highest BCUT2D eigenvalue weighted by Crippen LogP contribution is 2.49. The van der Waals surface area contributed by atoms with Crippen LogP contribution in [0.2, 0.25) is 0 Å². The van der Waals surface area contributed by atoms with Crippen LogP contribution in [0.5, 0.6) is 0 Å². The highest BCUT2D eigenvalue weighted by molar-refractivity contribution is 7.13. The van der Waals surface area contributed by atoms with Crippen molar-refractivity contribution in [2.45, 2.75) is 38.6 Å². The first-order valence-electron chi connectivity index (χ1n) is 6.59. The first-order chi connectivity index (χ1) is 8.63. The summed E-state index contributed by atoms with van der Waals surface area (Å²) in [5.74, 6) is 1.60. The third-order valence-corrected chi connectivity index (χ3v) is 5.28. The Bertz CT molecular complexity index is 460. The highest BCUT2D eigenvalue weighted by atomic mass is 32.1. The van der Waals surface area contributed by atoms with Gasteiger partial charge in [-0.05, 0) is 43.9 Å². The van der Waals surface area contributed by atoms with E-state index in [0.29, 0.717) is 6.04 Å². The maximum absolute atomic E-state index is 10.8. The number of nitrogens with one attached hydrogen (secondary N) is 1. The second-order valence-electron chi connectivity index (χ2n) is 5.61. The molecule has 4 nitrogen and oxygen atoms in total. The standard InChI is InChI=1S/C13H18N2O2S/c1-7(10-5-8-2-3-9(10)4-8)14-13-15-11(6-18-13)12(16)17/h6-10H,2-5H2,1H3,(H,14,15)(H,16,17). The van der Waals surface area contributed by atoms with E-state index in [1.54, 1.807) is 5.38 Å². The van der Waals surface area contributed by atoms with Gasteiger partial charge in [0.05, 0.1) is 0 Å². The van der Waals surface area contributed by atoms with Crippen molar-refractivity contribution in [1.29, 1.82) is 0 Å². The van der Waals surface area contributed by atoms with Gasteiger partial charge in [0.15, 0.2) is 10.8 Å². The molecule has 2 fully saturated rings. The fourth-order valence-electron chi connectivity index (χ4n) is 3.65. The van der Waals surface area contributed by atoms with Crippen molar-refractivity contribution >= 4 is 22.4 Å². The van der Waals surface area contributed by atoms with Crippen LogP contribution in [-0.2, 0) is 0 Å². The number of aromatic nitrogens is 1. The Morgan fingerprint density at radius 3 is 2.94 bits per heavy atom. The maximum atomic E-state index is 10.8. The zero-order chi connectivity index (χ0) is 12.7. The summed E-state index contributed by atoms with van der Waals surface area (Å²) in [5.41, 5.74) is 0.141. The van der Waals surface area contributed by atoms with Gasteiger partial charge in [-0.15, -0.1) is 11.3 Å². The Hall–Kier alpha value is -1.10. The third-order valence-electron chi connectivity index (χ3n) is 4.51. The lowest BCUT2D eigenvalue weighted by molar-refractivity contribution is 0.0691. The van der Waals surface area contributed by atoms with Crippen molar-refractivity contribution < 1.29 is 9.90 Å². The van der Waals surface area contributed by atoms with Gasteiger partial charge in [0, 0.05) is 11.4 Å². The molecular formula is C13H18N2O2S. The molecule has 2 N–H and O–H groups in total. The Kier molecular flexibility index (Phi) is 3.01. The monoisotopic (exact) mass is 266 g/mol. The number of aromatic carboxylic acids is 1. The minimum Gasteiger partial charge on any atom is -0.476 e. The summed E-state index contributed by atoms with van der Waals surface area (Å²) >= 11 is 1.38. The average molecular weight is 266 g/mol. The third kappa shape index (κ3) is 2.11. The van der Waals surface area contributed by atoms with Crippen LogP contribution in [0.15, 0.2) is 5.38 Å². The number of anilines is 1. The minimum atomic E-state index is -0.952. The Labute approximate surface area is 110 Å². The molecule has 0 saturated heterocycles. The molecule has 4 unspecified atom stereocenters. The molecule has 0 amide bonds. The van der Waals surface area contributed by atoms with Gasteiger partial charge in [0.25, 0.3) is 0 Å². The molecular weight excluding hydrogens is 248 g/mol. The summed E-state index contributed by atoms with van der Waals surface area (Å²) in [6.07, 6.45) is 5.51. The topological polar surface area (TPSA) is 62.2 Å².